The highest BCUT2D eigenvalue weighted by molar-refractivity contribution is 5.94. The lowest BCUT2D eigenvalue weighted by molar-refractivity contribution is 0.0763. The van der Waals surface area contributed by atoms with E-state index in [1.807, 2.05) is 24.0 Å². The average Bonchev–Trinajstić information content (AvgIpc) is 2.99. The van der Waals surface area contributed by atoms with Gasteiger partial charge in [-0.25, -0.2) is 0 Å². The van der Waals surface area contributed by atoms with Crippen molar-refractivity contribution in [1.29, 1.82) is 0 Å². The third kappa shape index (κ3) is 4.82. The van der Waals surface area contributed by atoms with E-state index in [2.05, 4.69) is 31.1 Å². The lowest BCUT2D eigenvalue weighted by Crippen LogP contribution is -2.29. The Morgan fingerprint density at radius 2 is 2.05 bits per heavy atom. The summed E-state index contributed by atoms with van der Waals surface area (Å²) < 4.78 is 5.47. The first kappa shape index (κ1) is 17.0. The van der Waals surface area contributed by atoms with Crippen molar-refractivity contribution in [3.63, 3.8) is 0 Å². The molecule has 1 fully saturated rings. The molecule has 0 spiro atoms. The Morgan fingerprint density at radius 3 is 2.68 bits per heavy atom. The average molecular weight is 304 g/mol. The standard InChI is InChI=1S/C18H28N2O2/c1-4-22-14-16-10-12-20(13-16)18(21)17-7-5-15(6-8-17)9-11-19(2)3/h5-8,16H,4,9-14H2,1-3H3/t16-/m1/s1. The Hall–Kier alpha value is -1.39. The van der Waals surface area contributed by atoms with Gasteiger partial charge < -0.3 is 14.5 Å². The number of benzene rings is 1. The number of ether oxygens (including phenoxy) is 1. The minimum atomic E-state index is 0.151. The van der Waals surface area contributed by atoms with Gasteiger partial charge in [0, 0.05) is 37.7 Å². The molecular weight excluding hydrogens is 276 g/mol. The molecule has 0 unspecified atom stereocenters. The second-order valence-corrected chi connectivity index (χ2v) is 6.32. The number of amides is 1. The van der Waals surface area contributed by atoms with Crippen LogP contribution in [0.3, 0.4) is 0 Å². The van der Waals surface area contributed by atoms with Crippen molar-refractivity contribution < 1.29 is 9.53 Å². The van der Waals surface area contributed by atoms with Crippen LogP contribution in [0, 0.1) is 5.92 Å². The van der Waals surface area contributed by atoms with Crippen LogP contribution < -0.4 is 0 Å². The number of carbonyl (C=O) groups is 1. The molecule has 122 valence electrons. The van der Waals surface area contributed by atoms with E-state index in [4.69, 9.17) is 4.74 Å². The fourth-order valence-electron chi connectivity index (χ4n) is 2.79. The Morgan fingerprint density at radius 1 is 1.32 bits per heavy atom. The van der Waals surface area contributed by atoms with Crippen LogP contribution in [0.1, 0.15) is 29.3 Å². The number of rotatable bonds is 7. The number of hydrogen-bond donors (Lipinski definition) is 0. The highest BCUT2D eigenvalue weighted by Crippen LogP contribution is 2.19. The second-order valence-electron chi connectivity index (χ2n) is 6.32. The van der Waals surface area contributed by atoms with Crippen molar-refractivity contribution in [3.8, 4) is 0 Å². The Balaban J connectivity index is 1.87. The van der Waals surface area contributed by atoms with Crippen molar-refractivity contribution in [2.75, 3.05) is 46.9 Å². The summed E-state index contributed by atoms with van der Waals surface area (Å²) in [5.41, 5.74) is 2.08. The minimum absolute atomic E-state index is 0.151. The normalized spacial score (nSPS) is 18.2. The molecular formula is C18H28N2O2. The first-order valence-corrected chi connectivity index (χ1v) is 8.20. The molecule has 1 aliphatic heterocycles. The van der Waals surface area contributed by atoms with Gasteiger partial charge in [-0.15, -0.1) is 0 Å². The third-order valence-corrected chi connectivity index (χ3v) is 4.18. The monoisotopic (exact) mass is 304 g/mol. The van der Waals surface area contributed by atoms with Crippen LogP contribution in [0.15, 0.2) is 24.3 Å². The molecule has 1 aliphatic rings. The van der Waals surface area contributed by atoms with Gasteiger partial charge in [-0.05, 0) is 51.6 Å². The summed E-state index contributed by atoms with van der Waals surface area (Å²) >= 11 is 0. The maximum absolute atomic E-state index is 12.5. The molecule has 4 nitrogen and oxygen atoms in total. The quantitative estimate of drug-likeness (QED) is 0.775. The zero-order valence-corrected chi connectivity index (χ0v) is 14.0. The fourth-order valence-corrected chi connectivity index (χ4v) is 2.79. The molecule has 0 bridgehead atoms. The van der Waals surface area contributed by atoms with Crippen LogP contribution in [0.25, 0.3) is 0 Å². The maximum Gasteiger partial charge on any atom is 0.253 e. The molecule has 1 aromatic carbocycles. The Kier molecular flexibility index (Phi) is 6.40. The lowest BCUT2D eigenvalue weighted by Gasteiger charge is -2.17. The van der Waals surface area contributed by atoms with Crippen LogP contribution in [-0.4, -0.2) is 62.7 Å². The zero-order chi connectivity index (χ0) is 15.9. The predicted molar refractivity (Wildman–Crippen MR) is 89.2 cm³/mol. The van der Waals surface area contributed by atoms with E-state index in [9.17, 15) is 4.79 Å². The maximum atomic E-state index is 12.5. The molecule has 1 atom stereocenters. The van der Waals surface area contributed by atoms with Crippen LogP contribution in [0.4, 0.5) is 0 Å². The summed E-state index contributed by atoms with van der Waals surface area (Å²) in [6.45, 7) is 6.22. The van der Waals surface area contributed by atoms with E-state index in [-0.39, 0.29) is 5.91 Å². The van der Waals surface area contributed by atoms with E-state index >= 15 is 0 Å². The molecule has 1 heterocycles. The molecule has 0 N–H and O–H groups in total. The van der Waals surface area contributed by atoms with E-state index in [0.29, 0.717) is 5.92 Å². The molecule has 1 aromatic rings. The number of hydrogen-bond acceptors (Lipinski definition) is 3. The minimum Gasteiger partial charge on any atom is -0.381 e. The number of nitrogens with zero attached hydrogens (tertiary/aromatic N) is 2. The molecule has 0 aliphatic carbocycles. The first-order valence-electron chi connectivity index (χ1n) is 8.20. The van der Waals surface area contributed by atoms with E-state index < -0.39 is 0 Å². The second kappa shape index (κ2) is 8.30. The SMILES string of the molecule is CCOC[C@@H]1CCN(C(=O)c2ccc(CCN(C)C)cc2)C1. The van der Waals surface area contributed by atoms with Crippen molar-refractivity contribution in [3.05, 3.63) is 35.4 Å². The van der Waals surface area contributed by atoms with Crippen LogP contribution in [-0.2, 0) is 11.2 Å². The molecule has 0 saturated carbocycles. The van der Waals surface area contributed by atoms with Gasteiger partial charge in [0.05, 0.1) is 6.61 Å². The van der Waals surface area contributed by atoms with E-state index in [1.165, 1.54) is 5.56 Å². The number of carbonyl (C=O) groups excluding carboxylic acids is 1. The molecule has 0 radical (unpaired) electrons. The van der Waals surface area contributed by atoms with E-state index in [0.717, 1.165) is 51.3 Å². The summed E-state index contributed by atoms with van der Waals surface area (Å²) in [5.74, 6) is 0.640. The highest BCUT2D eigenvalue weighted by Gasteiger charge is 2.26. The van der Waals surface area contributed by atoms with Crippen molar-refractivity contribution in [2.45, 2.75) is 19.8 Å². The van der Waals surface area contributed by atoms with Crippen LogP contribution in [0.2, 0.25) is 0 Å². The summed E-state index contributed by atoms with van der Waals surface area (Å²) in [5, 5.41) is 0. The largest absolute Gasteiger partial charge is 0.381 e. The van der Waals surface area contributed by atoms with Gasteiger partial charge in [-0.3, -0.25) is 4.79 Å². The van der Waals surface area contributed by atoms with Gasteiger partial charge in [0.2, 0.25) is 0 Å². The summed E-state index contributed by atoms with van der Waals surface area (Å²) in [6.07, 6.45) is 2.06. The first-order chi connectivity index (χ1) is 10.6. The zero-order valence-electron chi connectivity index (χ0n) is 14.0. The number of likely N-dealkylation sites (tertiary alicyclic amines) is 1. The van der Waals surface area contributed by atoms with Gasteiger partial charge in [-0.2, -0.15) is 0 Å². The molecule has 22 heavy (non-hydrogen) atoms. The van der Waals surface area contributed by atoms with Crippen LogP contribution >= 0.6 is 0 Å². The van der Waals surface area contributed by atoms with Crippen LogP contribution in [0.5, 0.6) is 0 Å². The lowest BCUT2D eigenvalue weighted by atomic mass is 10.1. The Bertz CT molecular complexity index is 470. The van der Waals surface area contributed by atoms with Gasteiger partial charge >= 0.3 is 0 Å². The van der Waals surface area contributed by atoms with E-state index in [1.54, 1.807) is 0 Å². The van der Waals surface area contributed by atoms with Crippen molar-refractivity contribution in [2.24, 2.45) is 5.92 Å². The molecule has 4 heteroatoms. The van der Waals surface area contributed by atoms with Gasteiger partial charge in [-0.1, -0.05) is 12.1 Å². The topological polar surface area (TPSA) is 32.8 Å². The van der Waals surface area contributed by atoms with Crippen molar-refractivity contribution >= 4 is 5.91 Å². The molecule has 2 rings (SSSR count). The van der Waals surface area contributed by atoms with Gasteiger partial charge in [0.25, 0.3) is 5.91 Å². The smallest absolute Gasteiger partial charge is 0.253 e. The summed E-state index contributed by atoms with van der Waals surface area (Å²) in [7, 11) is 4.15. The Labute approximate surface area is 134 Å². The highest BCUT2D eigenvalue weighted by atomic mass is 16.5. The molecule has 0 aromatic heterocycles. The van der Waals surface area contributed by atoms with Crippen molar-refractivity contribution in [1.82, 2.24) is 9.80 Å². The van der Waals surface area contributed by atoms with Gasteiger partial charge in [0.1, 0.15) is 0 Å². The number of likely N-dealkylation sites (N-methyl/N-ethyl adjacent to an activating group) is 1. The predicted octanol–water partition coefficient (Wildman–Crippen LogP) is 2.29. The van der Waals surface area contributed by atoms with Gasteiger partial charge in [0.15, 0.2) is 0 Å². The third-order valence-electron chi connectivity index (χ3n) is 4.18. The fraction of sp³-hybridized carbons (Fsp3) is 0.611. The summed E-state index contributed by atoms with van der Waals surface area (Å²) in [4.78, 5) is 16.6. The summed E-state index contributed by atoms with van der Waals surface area (Å²) in [6, 6.07) is 8.07. The molecule has 1 amide bonds. The molecule has 1 saturated heterocycles.